The zero-order valence-corrected chi connectivity index (χ0v) is 30.0. The van der Waals surface area contributed by atoms with Crippen LogP contribution >= 0.6 is 0 Å². The Hall–Kier alpha value is -4.20. The van der Waals surface area contributed by atoms with Crippen molar-refractivity contribution in [2.45, 2.75) is 126 Å². The van der Waals surface area contributed by atoms with Crippen LogP contribution in [0.2, 0.25) is 0 Å². The van der Waals surface area contributed by atoms with E-state index < -0.39 is 68.7 Å². The standard InChI is InChI=1S/C37H49N5O8S/c1-3-5-15-30-34(45)42-22-27(19-31(42)33(44)39-37(20-26(37)4-2)35(46)40-51(48,49)28-17-18-28)50-36(47)41-21-25-14-11-13-24(29(25)23-41)12-9-7-6-8-10-16-32(43)38-30/h4,9,11-14,26-28,30-31H,2-3,5-8,10,15-23H2,1H3,(H,38,43)(H,39,44)(H,40,46)/b12-9-/t26-,27-,30+,31+,37+/m1/s1. The van der Waals surface area contributed by atoms with Crippen LogP contribution in [0.15, 0.2) is 36.9 Å². The Labute approximate surface area is 299 Å². The van der Waals surface area contributed by atoms with Crippen LogP contribution in [-0.2, 0) is 47.0 Å². The molecule has 2 saturated carbocycles. The van der Waals surface area contributed by atoms with Gasteiger partial charge in [0.2, 0.25) is 27.7 Å². The van der Waals surface area contributed by atoms with Gasteiger partial charge in [-0.15, -0.1) is 6.58 Å². The third-order valence-corrected chi connectivity index (χ3v) is 12.5. The summed E-state index contributed by atoms with van der Waals surface area (Å²) in [6.45, 7) is 6.38. The van der Waals surface area contributed by atoms with Gasteiger partial charge in [0.25, 0.3) is 5.91 Å². The largest absolute Gasteiger partial charge is 0.444 e. The number of nitrogens with one attached hydrogen (secondary N) is 3. The van der Waals surface area contributed by atoms with E-state index in [4.69, 9.17) is 4.74 Å². The third kappa shape index (κ3) is 8.15. The van der Waals surface area contributed by atoms with Crippen molar-refractivity contribution in [2.24, 2.45) is 5.92 Å². The van der Waals surface area contributed by atoms with Crippen molar-refractivity contribution in [3.05, 3.63) is 53.6 Å². The first-order chi connectivity index (χ1) is 24.5. The number of rotatable bonds is 9. The van der Waals surface area contributed by atoms with Crippen LogP contribution in [0, 0.1) is 5.92 Å². The van der Waals surface area contributed by atoms with Gasteiger partial charge in [-0.2, -0.15) is 0 Å². The van der Waals surface area contributed by atoms with Gasteiger partial charge in [-0.05, 0) is 61.6 Å². The second-order valence-electron chi connectivity index (χ2n) is 14.5. The van der Waals surface area contributed by atoms with Crippen molar-refractivity contribution in [3.63, 3.8) is 0 Å². The highest BCUT2D eigenvalue weighted by Gasteiger charge is 2.62. The Morgan fingerprint density at radius 2 is 1.94 bits per heavy atom. The zero-order valence-electron chi connectivity index (χ0n) is 29.2. The van der Waals surface area contributed by atoms with Crippen LogP contribution in [-0.4, -0.2) is 83.5 Å². The summed E-state index contributed by atoms with van der Waals surface area (Å²) in [4.78, 5) is 71.4. The van der Waals surface area contributed by atoms with Gasteiger partial charge in [0.05, 0.1) is 18.3 Å². The fourth-order valence-electron chi connectivity index (χ4n) is 7.41. The lowest BCUT2D eigenvalue weighted by atomic mass is 10.0. The van der Waals surface area contributed by atoms with Crippen LogP contribution in [0.1, 0.15) is 101 Å². The molecule has 276 valence electrons. The molecule has 5 amide bonds. The summed E-state index contributed by atoms with van der Waals surface area (Å²) in [6, 6.07) is 3.93. The number of hydrogen-bond donors (Lipinski definition) is 3. The van der Waals surface area contributed by atoms with Gasteiger partial charge in [-0.25, -0.2) is 13.2 Å². The minimum Gasteiger partial charge on any atom is -0.444 e. The summed E-state index contributed by atoms with van der Waals surface area (Å²) < 4.78 is 33.4. The zero-order chi connectivity index (χ0) is 36.3. The fourth-order valence-corrected chi connectivity index (χ4v) is 8.78. The molecule has 3 aliphatic heterocycles. The minimum atomic E-state index is -3.89. The first-order valence-electron chi connectivity index (χ1n) is 18.3. The summed E-state index contributed by atoms with van der Waals surface area (Å²) in [5.41, 5.74) is 1.56. The summed E-state index contributed by atoms with van der Waals surface area (Å²) in [6.07, 6.45) is 10.6. The van der Waals surface area contributed by atoms with Crippen LogP contribution in [0.5, 0.6) is 0 Å². The maximum absolute atomic E-state index is 14.3. The molecular weight excluding hydrogens is 675 g/mol. The average molecular weight is 724 g/mol. The second kappa shape index (κ2) is 15.2. The van der Waals surface area contributed by atoms with E-state index >= 15 is 0 Å². The number of carbonyl (C=O) groups is 5. The first kappa shape index (κ1) is 36.6. The molecule has 6 rings (SSSR count). The molecule has 2 aliphatic carbocycles. The predicted molar refractivity (Wildman–Crippen MR) is 189 cm³/mol. The number of benzene rings is 1. The molecule has 1 aromatic carbocycles. The van der Waals surface area contributed by atoms with Crippen molar-refractivity contribution in [3.8, 4) is 0 Å². The second-order valence-corrected chi connectivity index (χ2v) is 16.5. The number of unbranched alkanes of at least 4 members (excludes halogenated alkanes) is 1. The van der Waals surface area contributed by atoms with E-state index in [1.165, 1.54) is 11.0 Å². The lowest BCUT2D eigenvalue weighted by Crippen LogP contribution is -2.58. The summed E-state index contributed by atoms with van der Waals surface area (Å²) in [5, 5.41) is 5.04. The molecule has 1 saturated heterocycles. The maximum atomic E-state index is 14.3. The highest BCUT2D eigenvalue weighted by Crippen LogP contribution is 2.45. The number of nitrogens with zero attached hydrogens (tertiary/aromatic N) is 2. The van der Waals surface area contributed by atoms with Gasteiger partial charge in [0.1, 0.15) is 23.7 Å². The van der Waals surface area contributed by atoms with E-state index in [1.54, 1.807) is 4.90 Å². The quantitative estimate of drug-likeness (QED) is 0.326. The highest BCUT2D eigenvalue weighted by atomic mass is 32.2. The molecule has 0 unspecified atom stereocenters. The Bertz CT molecular complexity index is 1710. The topological polar surface area (TPSA) is 171 Å². The molecule has 1 aromatic rings. The van der Waals surface area contributed by atoms with E-state index in [1.807, 2.05) is 25.1 Å². The SMILES string of the molecule is C=C[C@@H]1C[C@@]1(NC(=O)[C@@H]1C[C@@H]2CN1C(=O)[C@H](CCCC)NC(=O)CCCCC/C=C\c1cccc3c1CN(C3)C(=O)O2)C(=O)NS(=O)(=O)C1CC1. The van der Waals surface area contributed by atoms with Crippen LogP contribution in [0.4, 0.5) is 4.79 Å². The summed E-state index contributed by atoms with van der Waals surface area (Å²) >= 11 is 0. The number of allylic oxidation sites excluding steroid dienone is 1. The molecule has 5 atom stereocenters. The molecule has 5 aliphatic rings. The van der Waals surface area contributed by atoms with E-state index in [9.17, 15) is 32.4 Å². The molecule has 3 fully saturated rings. The number of ether oxygens (including phenoxy) is 1. The number of fused-ring (bicyclic) bond motifs is 3. The van der Waals surface area contributed by atoms with E-state index in [-0.39, 0.29) is 31.7 Å². The van der Waals surface area contributed by atoms with Gasteiger partial charge in [-0.1, -0.05) is 62.6 Å². The van der Waals surface area contributed by atoms with Crippen molar-refractivity contribution >= 4 is 45.8 Å². The molecule has 3 heterocycles. The van der Waals surface area contributed by atoms with Crippen molar-refractivity contribution < 1.29 is 37.1 Å². The Morgan fingerprint density at radius 3 is 2.67 bits per heavy atom. The smallest absolute Gasteiger partial charge is 0.410 e. The monoisotopic (exact) mass is 723 g/mol. The van der Waals surface area contributed by atoms with E-state index in [2.05, 4.69) is 34.1 Å². The lowest BCUT2D eigenvalue weighted by molar-refractivity contribution is -0.142. The molecule has 0 radical (unpaired) electrons. The highest BCUT2D eigenvalue weighted by molar-refractivity contribution is 7.91. The van der Waals surface area contributed by atoms with Gasteiger partial charge >= 0.3 is 6.09 Å². The van der Waals surface area contributed by atoms with E-state index in [0.29, 0.717) is 45.2 Å². The minimum absolute atomic E-state index is 0.0383. The van der Waals surface area contributed by atoms with Gasteiger partial charge in [0.15, 0.2) is 0 Å². The molecular formula is C37H49N5O8S. The fraction of sp³-hybridized carbons (Fsp3) is 0.595. The van der Waals surface area contributed by atoms with Gasteiger partial charge < -0.3 is 20.3 Å². The Balaban J connectivity index is 1.25. The number of carbonyl (C=O) groups excluding carboxylic acids is 5. The number of sulfonamides is 1. The molecule has 3 N–H and O–H groups in total. The number of hydrogen-bond acceptors (Lipinski definition) is 8. The molecule has 0 aromatic heterocycles. The van der Waals surface area contributed by atoms with Crippen LogP contribution in [0.25, 0.3) is 6.08 Å². The number of amides is 5. The molecule has 4 bridgehead atoms. The normalized spacial score (nSPS) is 29.1. The average Bonchev–Trinajstić information content (AvgIpc) is 3.99. The Morgan fingerprint density at radius 1 is 1.14 bits per heavy atom. The van der Waals surface area contributed by atoms with Crippen molar-refractivity contribution in [1.29, 1.82) is 0 Å². The summed E-state index contributed by atoms with van der Waals surface area (Å²) in [7, 11) is -3.89. The molecule has 13 nitrogen and oxygen atoms in total. The first-order valence-corrected chi connectivity index (χ1v) is 19.8. The van der Waals surface area contributed by atoms with Crippen molar-refractivity contribution in [1.82, 2.24) is 25.2 Å². The molecule has 14 heteroatoms. The molecule has 0 spiro atoms. The van der Waals surface area contributed by atoms with E-state index in [0.717, 1.165) is 42.4 Å². The van der Waals surface area contributed by atoms with Crippen LogP contribution < -0.4 is 15.4 Å². The van der Waals surface area contributed by atoms with Crippen LogP contribution in [0.3, 0.4) is 0 Å². The van der Waals surface area contributed by atoms with Gasteiger partial charge in [0, 0.05) is 25.3 Å². The van der Waals surface area contributed by atoms with Crippen molar-refractivity contribution in [2.75, 3.05) is 6.54 Å². The maximum Gasteiger partial charge on any atom is 0.410 e. The van der Waals surface area contributed by atoms with Gasteiger partial charge in [-0.3, -0.25) is 28.8 Å². The Kier molecular flexibility index (Phi) is 10.9. The summed E-state index contributed by atoms with van der Waals surface area (Å²) in [5.74, 6) is -2.75. The predicted octanol–water partition coefficient (Wildman–Crippen LogP) is 3.43. The lowest BCUT2D eigenvalue weighted by Gasteiger charge is -2.30. The molecule has 51 heavy (non-hydrogen) atoms. The third-order valence-electron chi connectivity index (χ3n) is 10.7.